The van der Waals surface area contributed by atoms with Crippen LogP contribution in [-0.4, -0.2) is 10.9 Å². The summed E-state index contributed by atoms with van der Waals surface area (Å²) in [5.74, 6) is 0.858. The molecule has 0 saturated carbocycles. The van der Waals surface area contributed by atoms with E-state index in [9.17, 15) is 0 Å². The average molecular weight is 389 g/mol. The summed E-state index contributed by atoms with van der Waals surface area (Å²) in [4.78, 5) is 8.73. The van der Waals surface area contributed by atoms with Crippen LogP contribution >= 0.6 is 23.2 Å². The predicted octanol–water partition coefficient (Wildman–Crippen LogP) is 4.81. The van der Waals surface area contributed by atoms with Crippen molar-refractivity contribution < 1.29 is 4.42 Å². The van der Waals surface area contributed by atoms with Gasteiger partial charge in [-0.15, -0.1) is 0 Å². The molecule has 1 atom stereocenters. The van der Waals surface area contributed by atoms with E-state index in [0.717, 1.165) is 11.1 Å². The normalized spacial score (nSPS) is 12.8. The van der Waals surface area contributed by atoms with Crippen LogP contribution in [0.5, 0.6) is 0 Å². The van der Waals surface area contributed by atoms with Crippen molar-refractivity contribution in [1.29, 1.82) is 0 Å². The number of halogens is 2. The smallest absolute Gasteiger partial charge is 0.226 e. The van der Waals surface area contributed by atoms with Crippen LogP contribution in [0, 0.1) is 0 Å². The second-order valence-electron chi connectivity index (χ2n) is 5.74. The highest BCUT2D eigenvalue weighted by Gasteiger charge is 2.11. The number of oxazole rings is 1. The minimum Gasteiger partial charge on any atom is -0.444 e. The van der Waals surface area contributed by atoms with Crippen LogP contribution in [0.1, 0.15) is 24.2 Å². The van der Waals surface area contributed by atoms with Gasteiger partial charge in [-0.1, -0.05) is 47.5 Å². The van der Waals surface area contributed by atoms with Crippen LogP contribution in [0.4, 0.5) is 0 Å². The molecule has 1 heterocycles. The van der Waals surface area contributed by atoms with Crippen LogP contribution in [0.15, 0.2) is 64.2 Å². The molecule has 5 nitrogen and oxygen atoms in total. The highest BCUT2D eigenvalue weighted by Crippen LogP contribution is 2.26. The van der Waals surface area contributed by atoms with E-state index in [1.54, 1.807) is 18.4 Å². The maximum atomic E-state index is 6.21. The van der Waals surface area contributed by atoms with Gasteiger partial charge in [0.15, 0.2) is 5.96 Å². The number of nitrogens with one attached hydrogen (secondary N) is 1. The molecular formula is C19H18Cl2N4O. The fourth-order valence-electron chi connectivity index (χ4n) is 2.46. The van der Waals surface area contributed by atoms with Gasteiger partial charge in [0.05, 0.1) is 12.6 Å². The minimum absolute atomic E-state index is 0.110. The lowest BCUT2D eigenvalue weighted by Gasteiger charge is -2.16. The van der Waals surface area contributed by atoms with Crippen molar-refractivity contribution in [2.24, 2.45) is 10.7 Å². The number of guanidine groups is 1. The maximum Gasteiger partial charge on any atom is 0.226 e. The molecule has 0 fully saturated rings. The van der Waals surface area contributed by atoms with E-state index < -0.39 is 0 Å². The quantitative estimate of drug-likeness (QED) is 0.485. The highest BCUT2D eigenvalue weighted by atomic mass is 35.5. The number of aliphatic imine (C=N–C) groups is 1. The first kappa shape index (κ1) is 18.3. The van der Waals surface area contributed by atoms with Crippen molar-refractivity contribution in [2.75, 3.05) is 0 Å². The first-order valence-electron chi connectivity index (χ1n) is 8.04. The monoisotopic (exact) mass is 388 g/mol. The zero-order valence-electron chi connectivity index (χ0n) is 14.1. The minimum atomic E-state index is -0.110. The SMILES string of the molecule is CC(NC(N)=NCc1coc(-c2ccccc2)n1)c1ccc(Cl)cc1Cl. The molecule has 0 aliphatic carbocycles. The second kappa shape index (κ2) is 8.25. The first-order valence-corrected chi connectivity index (χ1v) is 8.80. The van der Waals surface area contributed by atoms with Crippen LogP contribution < -0.4 is 11.1 Å². The number of nitrogens with zero attached hydrogens (tertiary/aromatic N) is 2. The third kappa shape index (κ3) is 4.56. The Bertz CT molecular complexity index is 909. The van der Waals surface area contributed by atoms with Gasteiger partial charge in [-0.05, 0) is 36.8 Å². The molecular weight excluding hydrogens is 371 g/mol. The van der Waals surface area contributed by atoms with E-state index in [2.05, 4.69) is 15.3 Å². The number of aromatic nitrogens is 1. The topological polar surface area (TPSA) is 76.4 Å². The van der Waals surface area contributed by atoms with Crippen LogP contribution in [0.3, 0.4) is 0 Å². The van der Waals surface area contributed by atoms with E-state index >= 15 is 0 Å². The van der Waals surface area contributed by atoms with Crippen molar-refractivity contribution in [3.8, 4) is 11.5 Å². The summed E-state index contributed by atoms with van der Waals surface area (Å²) in [5, 5.41) is 4.28. The molecule has 3 aromatic rings. The van der Waals surface area contributed by atoms with Crippen molar-refractivity contribution in [1.82, 2.24) is 10.3 Å². The van der Waals surface area contributed by atoms with Gasteiger partial charge < -0.3 is 15.5 Å². The Morgan fingerprint density at radius 2 is 2.00 bits per heavy atom. The second-order valence-corrected chi connectivity index (χ2v) is 6.59. The molecule has 0 bridgehead atoms. The van der Waals surface area contributed by atoms with Crippen molar-refractivity contribution in [3.05, 3.63) is 76.1 Å². The van der Waals surface area contributed by atoms with Gasteiger partial charge in [-0.2, -0.15) is 0 Å². The lowest BCUT2D eigenvalue weighted by atomic mass is 10.1. The molecule has 26 heavy (non-hydrogen) atoms. The Morgan fingerprint density at radius 1 is 1.23 bits per heavy atom. The third-order valence-corrected chi connectivity index (χ3v) is 4.34. The molecule has 7 heteroatoms. The zero-order chi connectivity index (χ0) is 18.5. The summed E-state index contributed by atoms with van der Waals surface area (Å²) in [6.45, 7) is 2.26. The van der Waals surface area contributed by atoms with Crippen molar-refractivity contribution >= 4 is 29.2 Å². The fourth-order valence-corrected chi connectivity index (χ4v) is 3.03. The number of hydrogen-bond acceptors (Lipinski definition) is 3. The molecule has 0 aliphatic rings. The summed E-state index contributed by atoms with van der Waals surface area (Å²) in [6.07, 6.45) is 1.58. The molecule has 1 unspecified atom stereocenters. The lowest BCUT2D eigenvalue weighted by Crippen LogP contribution is -2.34. The Labute approximate surface area is 161 Å². The van der Waals surface area contributed by atoms with Crippen LogP contribution in [-0.2, 0) is 6.54 Å². The van der Waals surface area contributed by atoms with Gasteiger partial charge in [0.2, 0.25) is 5.89 Å². The molecule has 0 amide bonds. The Kier molecular flexibility index (Phi) is 5.81. The summed E-state index contributed by atoms with van der Waals surface area (Å²) in [5.41, 5.74) is 8.48. The van der Waals surface area contributed by atoms with Crippen molar-refractivity contribution in [3.63, 3.8) is 0 Å². The number of rotatable bonds is 5. The van der Waals surface area contributed by atoms with E-state index in [0.29, 0.717) is 34.1 Å². The van der Waals surface area contributed by atoms with Gasteiger partial charge in [0.25, 0.3) is 0 Å². The molecule has 3 rings (SSSR count). The van der Waals surface area contributed by atoms with Gasteiger partial charge >= 0.3 is 0 Å². The molecule has 0 spiro atoms. The third-order valence-electron chi connectivity index (χ3n) is 3.78. The van der Waals surface area contributed by atoms with Crippen molar-refractivity contribution in [2.45, 2.75) is 19.5 Å². The fraction of sp³-hybridized carbons (Fsp3) is 0.158. The highest BCUT2D eigenvalue weighted by molar-refractivity contribution is 6.35. The van der Waals surface area contributed by atoms with E-state index in [4.69, 9.17) is 33.4 Å². The van der Waals surface area contributed by atoms with Gasteiger partial charge in [-0.25, -0.2) is 9.98 Å². The van der Waals surface area contributed by atoms with E-state index in [1.807, 2.05) is 43.3 Å². The molecule has 0 aliphatic heterocycles. The van der Waals surface area contributed by atoms with Crippen LogP contribution in [0.2, 0.25) is 10.0 Å². The van der Waals surface area contributed by atoms with Gasteiger partial charge in [-0.3, -0.25) is 0 Å². The first-order chi connectivity index (χ1) is 12.5. The Balaban J connectivity index is 1.62. The molecule has 0 radical (unpaired) electrons. The van der Waals surface area contributed by atoms with Gasteiger partial charge in [0.1, 0.15) is 12.0 Å². The Hall–Kier alpha value is -2.50. The average Bonchev–Trinajstić information content (AvgIpc) is 3.09. The summed E-state index contributed by atoms with van der Waals surface area (Å²) in [6, 6.07) is 14.9. The van der Waals surface area contributed by atoms with Gasteiger partial charge in [0, 0.05) is 15.6 Å². The number of nitrogens with two attached hydrogens (primary N) is 1. The molecule has 134 valence electrons. The largest absolute Gasteiger partial charge is 0.444 e. The molecule has 3 N–H and O–H groups in total. The van der Waals surface area contributed by atoms with E-state index in [-0.39, 0.29) is 6.04 Å². The number of hydrogen-bond donors (Lipinski definition) is 2. The lowest BCUT2D eigenvalue weighted by molar-refractivity contribution is 0.572. The standard InChI is InChI=1S/C19H18Cl2N4O/c1-12(16-8-7-14(20)9-17(16)21)24-19(22)23-10-15-11-26-18(25-15)13-5-3-2-4-6-13/h2-9,11-12H,10H2,1H3,(H3,22,23,24). The summed E-state index contributed by atoms with van der Waals surface area (Å²) in [7, 11) is 0. The molecule has 0 saturated heterocycles. The summed E-state index contributed by atoms with van der Waals surface area (Å²) < 4.78 is 5.49. The molecule has 2 aromatic carbocycles. The number of benzene rings is 2. The Morgan fingerprint density at radius 3 is 2.73 bits per heavy atom. The van der Waals surface area contributed by atoms with Crippen LogP contribution in [0.25, 0.3) is 11.5 Å². The molecule has 1 aromatic heterocycles. The maximum absolute atomic E-state index is 6.21. The summed E-state index contributed by atoms with van der Waals surface area (Å²) >= 11 is 12.1. The van der Waals surface area contributed by atoms with E-state index in [1.165, 1.54) is 0 Å². The zero-order valence-corrected chi connectivity index (χ0v) is 15.6. The predicted molar refractivity (Wildman–Crippen MR) is 105 cm³/mol.